The normalized spacial score (nSPS) is 11.1. The molecule has 0 radical (unpaired) electrons. The fraction of sp³-hybridized carbons (Fsp3) is 0.318. The number of anilines is 2. The van der Waals surface area contributed by atoms with E-state index in [1.54, 1.807) is 12.3 Å². The molecule has 0 fully saturated rings. The second-order valence-electron chi connectivity index (χ2n) is 6.86. The summed E-state index contributed by atoms with van der Waals surface area (Å²) in [6, 6.07) is 14.2. The molecule has 0 aliphatic carbocycles. The van der Waals surface area contributed by atoms with Gasteiger partial charge in [0.2, 0.25) is 0 Å². The van der Waals surface area contributed by atoms with E-state index in [2.05, 4.69) is 34.3 Å². The molecule has 162 valence electrons. The fourth-order valence-corrected chi connectivity index (χ4v) is 3.02. The van der Waals surface area contributed by atoms with Crippen LogP contribution >= 0.6 is 11.6 Å². The second-order valence-corrected chi connectivity index (χ2v) is 7.26. The number of benzene rings is 2. The summed E-state index contributed by atoms with van der Waals surface area (Å²) in [6.45, 7) is 7.35. The van der Waals surface area contributed by atoms with Gasteiger partial charge in [0, 0.05) is 30.2 Å². The molecule has 0 saturated heterocycles. The van der Waals surface area contributed by atoms with Gasteiger partial charge in [-0.15, -0.1) is 0 Å². The zero-order chi connectivity index (χ0) is 22.1. The van der Waals surface area contributed by atoms with Crippen LogP contribution in [0.5, 0.6) is 0 Å². The summed E-state index contributed by atoms with van der Waals surface area (Å²) >= 11 is 5.65. The van der Waals surface area contributed by atoms with Gasteiger partial charge in [-0.2, -0.15) is 13.2 Å². The Balaban J connectivity index is 0.000000297. The Morgan fingerprint density at radius 3 is 2.37 bits per heavy atom. The molecule has 0 aliphatic rings. The molecule has 2 N–H and O–H groups in total. The quantitative estimate of drug-likeness (QED) is 0.454. The summed E-state index contributed by atoms with van der Waals surface area (Å²) in [5.74, 6) is 0. The molecule has 8 heteroatoms. The summed E-state index contributed by atoms with van der Waals surface area (Å²) < 4.78 is 38.9. The smallest absolute Gasteiger partial charge is 0.385 e. The first kappa shape index (κ1) is 23.6. The van der Waals surface area contributed by atoms with Crippen molar-refractivity contribution < 1.29 is 13.2 Å². The minimum atomic E-state index is -4.47. The van der Waals surface area contributed by atoms with Crippen molar-refractivity contribution in [2.24, 2.45) is 0 Å². The molecule has 0 atom stereocenters. The van der Waals surface area contributed by atoms with E-state index in [4.69, 9.17) is 11.6 Å². The molecule has 30 heavy (non-hydrogen) atoms. The Morgan fingerprint density at radius 2 is 1.83 bits per heavy atom. The largest absolute Gasteiger partial charge is 0.417 e. The monoisotopic (exact) mass is 438 g/mol. The van der Waals surface area contributed by atoms with E-state index >= 15 is 0 Å². The third-order valence-electron chi connectivity index (χ3n) is 4.26. The van der Waals surface area contributed by atoms with Crippen LogP contribution in [0.3, 0.4) is 0 Å². The Hall–Kier alpha value is -2.67. The minimum Gasteiger partial charge on any atom is -0.385 e. The van der Waals surface area contributed by atoms with Crippen LogP contribution in [0.25, 0.3) is 0 Å². The number of hydrogen-bond donors (Lipinski definition) is 2. The van der Waals surface area contributed by atoms with Gasteiger partial charge < -0.3 is 15.2 Å². The van der Waals surface area contributed by atoms with Gasteiger partial charge in [-0.05, 0) is 51.1 Å². The van der Waals surface area contributed by atoms with E-state index in [1.165, 1.54) is 18.1 Å². The number of alkyl halides is 3. The Kier molecular flexibility index (Phi) is 8.59. The Morgan fingerprint density at radius 1 is 1.13 bits per heavy atom. The zero-order valence-corrected chi connectivity index (χ0v) is 17.9. The highest BCUT2D eigenvalue weighted by molar-refractivity contribution is 6.31. The lowest BCUT2D eigenvalue weighted by molar-refractivity contribution is -0.137. The summed E-state index contributed by atoms with van der Waals surface area (Å²) in [5, 5.41) is 2.91. The van der Waals surface area contributed by atoms with Crippen LogP contribution in [-0.4, -0.2) is 22.6 Å². The lowest BCUT2D eigenvalue weighted by atomic mass is 10.1. The van der Waals surface area contributed by atoms with E-state index in [9.17, 15) is 13.2 Å². The van der Waals surface area contributed by atoms with Crippen LogP contribution in [0.1, 0.15) is 32.0 Å². The first-order valence-electron chi connectivity index (χ1n) is 9.62. The summed E-state index contributed by atoms with van der Waals surface area (Å²) in [7, 11) is 0. The Labute approximate surface area is 180 Å². The fourth-order valence-electron chi connectivity index (χ4n) is 2.80. The number of aromatic amines is 1. The van der Waals surface area contributed by atoms with Crippen molar-refractivity contribution in [2.45, 2.75) is 39.5 Å². The molecule has 0 bridgehead atoms. The molecule has 3 aromatic rings. The number of halogens is 4. The topological polar surface area (TPSA) is 44.0 Å². The number of H-pyrrole nitrogens is 1. The number of rotatable bonds is 6. The van der Waals surface area contributed by atoms with Gasteiger partial charge in [-0.25, -0.2) is 4.98 Å². The van der Waals surface area contributed by atoms with Crippen molar-refractivity contribution in [1.82, 2.24) is 9.97 Å². The van der Waals surface area contributed by atoms with E-state index in [0.29, 0.717) is 12.2 Å². The summed E-state index contributed by atoms with van der Waals surface area (Å²) in [6.07, 6.45) is -1.28. The molecule has 1 aromatic heterocycles. The van der Waals surface area contributed by atoms with Crippen molar-refractivity contribution in [1.29, 1.82) is 0 Å². The van der Waals surface area contributed by atoms with Gasteiger partial charge in [-0.1, -0.05) is 29.8 Å². The van der Waals surface area contributed by atoms with Gasteiger partial charge in [0.1, 0.15) is 0 Å². The maximum absolute atomic E-state index is 13.0. The maximum Gasteiger partial charge on any atom is 0.417 e. The lowest BCUT2D eigenvalue weighted by Crippen LogP contribution is -2.30. The molecule has 4 nitrogen and oxygen atoms in total. The predicted octanol–water partition coefficient (Wildman–Crippen LogP) is 6.62. The minimum absolute atomic E-state index is 0.0237. The molecule has 0 aliphatic heterocycles. The number of hydrogen-bond acceptors (Lipinski definition) is 3. The van der Waals surface area contributed by atoms with Crippen LogP contribution in [0.4, 0.5) is 24.5 Å². The standard InChI is InChI=1S/C14H15ClF3N3.C8H11N/c1-9(2)21(7-10-6-19-8-20-10)11-3-4-13(15)12(5-11)14(16,17)18;1-2-9-8-6-4-3-5-7-8/h3-6,8-9H,7H2,1-2H3,(H,19,20);3-7,9H,2H2,1H3. The lowest BCUT2D eigenvalue weighted by Gasteiger charge is -2.29. The molecule has 1 heterocycles. The van der Waals surface area contributed by atoms with E-state index in [0.717, 1.165) is 18.3 Å². The Bertz CT molecular complexity index is 881. The van der Waals surface area contributed by atoms with Crippen LogP contribution < -0.4 is 10.2 Å². The van der Waals surface area contributed by atoms with Gasteiger partial charge in [0.25, 0.3) is 0 Å². The summed E-state index contributed by atoms with van der Waals surface area (Å²) in [4.78, 5) is 8.71. The number of aromatic nitrogens is 2. The van der Waals surface area contributed by atoms with E-state index < -0.39 is 11.7 Å². The highest BCUT2D eigenvalue weighted by atomic mass is 35.5. The SMILES string of the molecule is CC(C)N(Cc1cnc[nH]1)c1ccc(Cl)c(C(F)(F)F)c1.CCNc1ccccc1. The average molecular weight is 439 g/mol. The van der Waals surface area contributed by atoms with E-state index in [-0.39, 0.29) is 11.1 Å². The van der Waals surface area contributed by atoms with Gasteiger partial charge in [-0.3, -0.25) is 0 Å². The molecule has 0 saturated carbocycles. The summed E-state index contributed by atoms with van der Waals surface area (Å²) in [5.41, 5.74) is 1.67. The first-order chi connectivity index (χ1) is 14.2. The van der Waals surface area contributed by atoms with Crippen molar-refractivity contribution in [3.05, 3.63) is 77.3 Å². The molecular formula is C22H26ClF3N4. The number of nitrogens with zero attached hydrogens (tertiary/aromatic N) is 2. The number of nitrogens with one attached hydrogen (secondary N) is 2. The maximum atomic E-state index is 13.0. The van der Waals surface area contributed by atoms with Crippen molar-refractivity contribution in [3.63, 3.8) is 0 Å². The molecule has 0 unspecified atom stereocenters. The molecule has 3 rings (SSSR count). The average Bonchev–Trinajstić information content (AvgIpc) is 3.21. The third kappa shape index (κ3) is 6.99. The second kappa shape index (κ2) is 10.9. The molecular weight excluding hydrogens is 413 g/mol. The first-order valence-corrected chi connectivity index (χ1v) is 9.99. The van der Waals surface area contributed by atoms with Crippen molar-refractivity contribution >= 4 is 23.0 Å². The van der Waals surface area contributed by atoms with Crippen LogP contribution in [-0.2, 0) is 12.7 Å². The predicted molar refractivity (Wildman–Crippen MR) is 117 cm³/mol. The third-order valence-corrected chi connectivity index (χ3v) is 4.59. The van der Waals surface area contributed by atoms with E-state index in [1.807, 2.05) is 36.9 Å². The van der Waals surface area contributed by atoms with Crippen molar-refractivity contribution in [2.75, 3.05) is 16.8 Å². The van der Waals surface area contributed by atoms with Gasteiger partial charge in [0.05, 0.1) is 29.2 Å². The van der Waals surface area contributed by atoms with Crippen LogP contribution in [0.15, 0.2) is 61.1 Å². The molecule has 2 aromatic carbocycles. The molecule has 0 amide bonds. The highest BCUT2D eigenvalue weighted by Gasteiger charge is 2.34. The van der Waals surface area contributed by atoms with Crippen LogP contribution in [0, 0.1) is 0 Å². The highest BCUT2D eigenvalue weighted by Crippen LogP contribution is 2.37. The van der Waals surface area contributed by atoms with Crippen molar-refractivity contribution in [3.8, 4) is 0 Å². The zero-order valence-electron chi connectivity index (χ0n) is 17.2. The molecule has 0 spiro atoms. The number of imidazole rings is 1. The van der Waals surface area contributed by atoms with Gasteiger partial charge in [0.15, 0.2) is 0 Å². The number of para-hydroxylation sites is 1. The van der Waals surface area contributed by atoms with Gasteiger partial charge >= 0.3 is 6.18 Å². The van der Waals surface area contributed by atoms with Crippen LogP contribution in [0.2, 0.25) is 5.02 Å².